The Balaban J connectivity index is 1.87. The zero-order valence-corrected chi connectivity index (χ0v) is 14.1. The van der Waals surface area contributed by atoms with Gasteiger partial charge in [-0.05, 0) is 23.1 Å². The van der Waals surface area contributed by atoms with E-state index >= 15 is 0 Å². The van der Waals surface area contributed by atoms with Gasteiger partial charge < -0.3 is 9.84 Å². The van der Waals surface area contributed by atoms with Crippen molar-refractivity contribution in [2.24, 2.45) is 5.92 Å². The molecule has 3 aromatic rings. The van der Waals surface area contributed by atoms with E-state index in [0.29, 0.717) is 6.61 Å². The summed E-state index contributed by atoms with van der Waals surface area (Å²) < 4.78 is 6.62. The molecule has 3 aromatic carbocycles. The van der Waals surface area contributed by atoms with Crippen LogP contribution in [0, 0.1) is 5.92 Å². The van der Waals surface area contributed by atoms with Gasteiger partial charge in [-0.2, -0.15) is 0 Å². The molecule has 0 heterocycles. The van der Waals surface area contributed by atoms with Gasteiger partial charge in [0, 0.05) is 5.92 Å². The molecule has 2 heteroatoms. The van der Waals surface area contributed by atoms with Crippen molar-refractivity contribution in [1.82, 2.24) is 0 Å². The molecule has 25 heavy (non-hydrogen) atoms. The number of hydrogen-bond donors (Lipinski definition) is 1. The Morgan fingerprint density at radius 2 is 1.08 bits per heavy atom. The van der Waals surface area contributed by atoms with Gasteiger partial charge in [0.2, 0.25) is 0 Å². The van der Waals surface area contributed by atoms with Crippen molar-refractivity contribution in [3.05, 3.63) is 108 Å². The minimum absolute atomic E-state index is 0.222. The van der Waals surface area contributed by atoms with Gasteiger partial charge in [0.05, 0.1) is 12.7 Å². The second-order valence-electron chi connectivity index (χ2n) is 6.65. The van der Waals surface area contributed by atoms with E-state index in [1.54, 1.807) is 0 Å². The Morgan fingerprint density at radius 1 is 0.720 bits per heavy atom. The Hall–Kier alpha value is -2.42. The lowest BCUT2D eigenvalue weighted by molar-refractivity contribution is 0.000936. The summed E-state index contributed by atoms with van der Waals surface area (Å²) in [6, 6.07) is 31.0. The fourth-order valence-corrected chi connectivity index (χ4v) is 3.41. The lowest BCUT2D eigenvalue weighted by Crippen LogP contribution is -2.33. The highest BCUT2D eigenvalue weighted by Gasteiger charge is 2.42. The Kier molecular flexibility index (Phi) is 4.39. The van der Waals surface area contributed by atoms with Crippen molar-refractivity contribution in [1.29, 1.82) is 0 Å². The first-order valence-electron chi connectivity index (χ1n) is 8.79. The molecule has 0 aromatic heterocycles. The first kappa shape index (κ1) is 16.1. The van der Waals surface area contributed by atoms with Crippen molar-refractivity contribution in [3.8, 4) is 0 Å². The van der Waals surface area contributed by atoms with Crippen LogP contribution in [0.3, 0.4) is 0 Å². The lowest BCUT2D eigenvalue weighted by Gasteiger charge is -2.36. The van der Waals surface area contributed by atoms with E-state index < -0.39 is 5.60 Å². The molecule has 0 unspecified atom stereocenters. The molecule has 1 fully saturated rings. The van der Waals surface area contributed by atoms with Crippen LogP contribution >= 0.6 is 0 Å². The van der Waals surface area contributed by atoms with Crippen LogP contribution in [0.4, 0.5) is 0 Å². The smallest absolute Gasteiger partial charge is 0.143 e. The molecule has 1 aliphatic carbocycles. The van der Waals surface area contributed by atoms with Gasteiger partial charge in [-0.25, -0.2) is 0 Å². The maximum absolute atomic E-state index is 9.75. The van der Waals surface area contributed by atoms with Gasteiger partial charge in [0.1, 0.15) is 5.60 Å². The topological polar surface area (TPSA) is 29.5 Å². The van der Waals surface area contributed by atoms with Crippen LogP contribution in [0.15, 0.2) is 91.0 Å². The third kappa shape index (κ3) is 3.11. The molecule has 1 saturated carbocycles. The van der Waals surface area contributed by atoms with Crippen LogP contribution in [0.1, 0.15) is 23.1 Å². The van der Waals surface area contributed by atoms with E-state index in [2.05, 4.69) is 36.4 Å². The van der Waals surface area contributed by atoms with Crippen molar-refractivity contribution >= 4 is 0 Å². The van der Waals surface area contributed by atoms with E-state index in [1.165, 1.54) is 0 Å². The number of aliphatic hydroxyl groups is 1. The predicted octanol–water partition coefficient (Wildman–Crippen LogP) is 4.38. The number of ether oxygens (including phenoxy) is 1. The second kappa shape index (κ2) is 6.83. The van der Waals surface area contributed by atoms with Crippen molar-refractivity contribution < 1.29 is 9.84 Å². The number of hydrogen-bond acceptors (Lipinski definition) is 2. The van der Waals surface area contributed by atoms with Crippen molar-refractivity contribution in [2.75, 3.05) is 6.61 Å². The molecule has 0 bridgehead atoms. The van der Waals surface area contributed by atoms with E-state index in [9.17, 15) is 5.11 Å². The third-order valence-corrected chi connectivity index (χ3v) is 4.94. The molecule has 126 valence electrons. The summed E-state index contributed by atoms with van der Waals surface area (Å²) >= 11 is 0. The molecule has 0 amide bonds. The highest BCUT2D eigenvalue weighted by Crippen LogP contribution is 2.42. The fraction of sp³-hybridized carbons (Fsp3) is 0.217. The van der Waals surface area contributed by atoms with Gasteiger partial charge in [0.15, 0.2) is 0 Å². The average molecular weight is 330 g/mol. The second-order valence-corrected chi connectivity index (χ2v) is 6.65. The maximum Gasteiger partial charge on any atom is 0.143 e. The molecule has 4 rings (SSSR count). The van der Waals surface area contributed by atoms with E-state index in [1.807, 2.05) is 54.6 Å². The zero-order chi connectivity index (χ0) is 17.1. The van der Waals surface area contributed by atoms with Gasteiger partial charge in [0.25, 0.3) is 0 Å². The molecule has 1 aliphatic rings. The summed E-state index contributed by atoms with van der Waals surface area (Å²) in [5.41, 5.74) is 2.62. The van der Waals surface area contributed by atoms with Gasteiger partial charge >= 0.3 is 0 Å². The summed E-state index contributed by atoms with van der Waals surface area (Å²) in [5, 5.41) is 9.75. The predicted molar refractivity (Wildman–Crippen MR) is 99.3 cm³/mol. The van der Waals surface area contributed by atoms with Crippen LogP contribution in [0.25, 0.3) is 0 Å². The SMILES string of the molecule is O[C@H]1C[C@@H]1COC(c1ccccc1)(c1ccccc1)c1ccccc1. The molecule has 2 atom stereocenters. The molecular formula is C23H22O2. The highest BCUT2D eigenvalue weighted by atomic mass is 16.5. The Labute approximate surface area is 148 Å². The van der Waals surface area contributed by atoms with Crippen LogP contribution in [-0.4, -0.2) is 17.8 Å². The number of rotatable bonds is 6. The summed E-state index contributed by atoms with van der Waals surface area (Å²) in [4.78, 5) is 0. The summed E-state index contributed by atoms with van der Waals surface area (Å²) in [7, 11) is 0. The number of benzene rings is 3. The fourth-order valence-electron chi connectivity index (χ4n) is 3.41. The monoisotopic (exact) mass is 330 g/mol. The first-order chi connectivity index (χ1) is 12.3. The Bertz CT molecular complexity index is 703. The van der Waals surface area contributed by atoms with Crippen LogP contribution < -0.4 is 0 Å². The lowest BCUT2D eigenvalue weighted by atomic mass is 9.80. The van der Waals surface area contributed by atoms with Crippen molar-refractivity contribution in [2.45, 2.75) is 18.1 Å². The van der Waals surface area contributed by atoms with Gasteiger partial charge in [-0.15, -0.1) is 0 Å². The number of aliphatic hydroxyl groups excluding tert-OH is 1. The van der Waals surface area contributed by atoms with Crippen LogP contribution in [0.5, 0.6) is 0 Å². The summed E-state index contributed by atoms with van der Waals surface area (Å²) in [6.45, 7) is 0.542. The van der Waals surface area contributed by atoms with E-state index in [0.717, 1.165) is 23.1 Å². The van der Waals surface area contributed by atoms with Gasteiger partial charge in [-0.3, -0.25) is 0 Å². The quantitative estimate of drug-likeness (QED) is 0.680. The maximum atomic E-state index is 9.75. The molecule has 0 radical (unpaired) electrons. The molecule has 0 spiro atoms. The molecule has 1 N–H and O–H groups in total. The van der Waals surface area contributed by atoms with Crippen LogP contribution in [0.2, 0.25) is 0 Å². The minimum atomic E-state index is -0.675. The normalized spacial score (nSPS) is 19.6. The zero-order valence-electron chi connectivity index (χ0n) is 14.1. The highest BCUT2D eigenvalue weighted by molar-refractivity contribution is 5.47. The molecule has 2 nitrogen and oxygen atoms in total. The molecule has 0 aliphatic heterocycles. The minimum Gasteiger partial charge on any atom is -0.393 e. The molecular weight excluding hydrogens is 308 g/mol. The van der Waals surface area contributed by atoms with Crippen molar-refractivity contribution in [3.63, 3.8) is 0 Å². The average Bonchev–Trinajstić information content (AvgIpc) is 3.40. The standard InChI is InChI=1S/C23H22O2/c24-22-16-18(22)17-25-23(19-10-4-1-5-11-19,20-12-6-2-7-13-20)21-14-8-3-9-15-21/h1-15,18,22,24H,16-17H2/t18-,22+/m1/s1. The van der Waals surface area contributed by atoms with E-state index in [4.69, 9.17) is 4.74 Å². The summed E-state index contributed by atoms with van der Waals surface area (Å²) in [6.07, 6.45) is 0.606. The van der Waals surface area contributed by atoms with Crippen LogP contribution in [-0.2, 0) is 10.3 Å². The van der Waals surface area contributed by atoms with Gasteiger partial charge in [-0.1, -0.05) is 91.0 Å². The Morgan fingerprint density at radius 3 is 1.40 bits per heavy atom. The van der Waals surface area contributed by atoms with E-state index in [-0.39, 0.29) is 12.0 Å². The first-order valence-corrected chi connectivity index (χ1v) is 8.79. The largest absolute Gasteiger partial charge is 0.393 e. The third-order valence-electron chi connectivity index (χ3n) is 4.94. The summed E-state index contributed by atoms with van der Waals surface area (Å²) in [5.74, 6) is 0.232. The molecule has 0 saturated heterocycles.